The van der Waals surface area contributed by atoms with Crippen molar-refractivity contribution >= 4 is 5.97 Å². The van der Waals surface area contributed by atoms with E-state index in [4.69, 9.17) is 14.7 Å². The second-order valence-electron chi connectivity index (χ2n) is 3.49. The summed E-state index contributed by atoms with van der Waals surface area (Å²) in [6, 6.07) is 1.63. The zero-order valence-corrected chi connectivity index (χ0v) is 9.99. The van der Waals surface area contributed by atoms with E-state index in [2.05, 4.69) is 13.5 Å². The van der Waals surface area contributed by atoms with Crippen LogP contribution in [-0.2, 0) is 14.3 Å². The van der Waals surface area contributed by atoms with E-state index in [1.807, 2.05) is 0 Å². The van der Waals surface area contributed by atoms with Gasteiger partial charge in [-0.25, -0.2) is 4.79 Å². The SMILES string of the molecule is C=C(C#N)C(=O)OC(C)OCCCCCC. The molecule has 0 rings (SSSR count). The third-order valence-electron chi connectivity index (χ3n) is 2.00. The fourth-order valence-electron chi connectivity index (χ4n) is 1.08. The molecule has 4 heteroatoms. The van der Waals surface area contributed by atoms with Gasteiger partial charge in [-0.1, -0.05) is 32.8 Å². The normalized spacial score (nSPS) is 11.6. The second kappa shape index (κ2) is 8.93. The molecule has 0 saturated carbocycles. The van der Waals surface area contributed by atoms with Crippen molar-refractivity contribution in [2.24, 2.45) is 0 Å². The van der Waals surface area contributed by atoms with Crippen molar-refractivity contribution in [2.45, 2.75) is 45.8 Å². The lowest BCUT2D eigenvalue weighted by molar-refractivity contribution is -0.169. The van der Waals surface area contributed by atoms with Gasteiger partial charge in [-0.05, 0) is 13.3 Å². The Morgan fingerprint density at radius 3 is 2.69 bits per heavy atom. The van der Waals surface area contributed by atoms with Gasteiger partial charge >= 0.3 is 5.97 Å². The van der Waals surface area contributed by atoms with Crippen LogP contribution in [0.15, 0.2) is 12.2 Å². The molecular formula is C12H19NO3. The number of nitrogens with zero attached hydrogens (tertiary/aromatic N) is 1. The van der Waals surface area contributed by atoms with Crippen LogP contribution in [0, 0.1) is 11.3 Å². The lowest BCUT2D eigenvalue weighted by Gasteiger charge is -2.13. The van der Waals surface area contributed by atoms with Gasteiger partial charge in [-0.2, -0.15) is 5.26 Å². The van der Waals surface area contributed by atoms with Crippen LogP contribution < -0.4 is 0 Å². The average Bonchev–Trinajstić information content (AvgIpc) is 2.27. The predicted octanol–water partition coefficient (Wildman–Crippen LogP) is 2.55. The first-order chi connectivity index (χ1) is 7.61. The number of rotatable bonds is 8. The van der Waals surface area contributed by atoms with Gasteiger partial charge in [0.25, 0.3) is 0 Å². The van der Waals surface area contributed by atoms with Gasteiger partial charge in [0.2, 0.25) is 6.29 Å². The fourth-order valence-corrected chi connectivity index (χ4v) is 1.08. The Hall–Kier alpha value is -1.34. The van der Waals surface area contributed by atoms with Crippen LogP contribution in [0.25, 0.3) is 0 Å². The molecule has 0 N–H and O–H groups in total. The number of carbonyl (C=O) groups excluding carboxylic acids is 1. The van der Waals surface area contributed by atoms with Crippen LogP contribution in [0.4, 0.5) is 0 Å². The summed E-state index contributed by atoms with van der Waals surface area (Å²) < 4.78 is 10.1. The Morgan fingerprint density at radius 1 is 1.44 bits per heavy atom. The molecule has 0 aromatic heterocycles. The summed E-state index contributed by atoms with van der Waals surface area (Å²) in [5.74, 6) is -0.719. The van der Waals surface area contributed by atoms with Crippen molar-refractivity contribution in [3.05, 3.63) is 12.2 Å². The summed E-state index contributed by atoms with van der Waals surface area (Å²) in [6.45, 7) is 7.58. The van der Waals surface area contributed by atoms with Gasteiger partial charge < -0.3 is 9.47 Å². The van der Waals surface area contributed by atoms with E-state index >= 15 is 0 Å². The Bertz CT molecular complexity index is 268. The maximum atomic E-state index is 11.1. The van der Waals surface area contributed by atoms with Crippen LogP contribution in [0.1, 0.15) is 39.5 Å². The van der Waals surface area contributed by atoms with E-state index in [0.29, 0.717) is 6.61 Å². The molecule has 0 aromatic carbocycles. The van der Waals surface area contributed by atoms with Crippen molar-refractivity contribution in [2.75, 3.05) is 6.61 Å². The maximum Gasteiger partial charge on any atom is 0.350 e. The number of hydrogen-bond donors (Lipinski definition) is 0. The van der Waals surface area contributed by atoms with Gasteiger partial charge in [-0.15, -0.1) is 0 Å². The van der Waals surface area contributed by atoms with Crippen molar-refractivity contribution in [1.82, 2.24) is 0 Å². The van der Waals surface area contributed by atoms with Gasteiger partial charge in [-0.3, -0.25) is 0 Å². The first-order valence-corrected chi connectivity index (χ1v) is 5.53. The minimum absolute atomic E-state index is 0.207. The number of nitriles is 1. The molecule has 0 amide bonds. The fraction of sp³-hybridized carbons (Fsp3) is 0.667. The molecule has 1 atom stereocenters. The zero-order valence-electron chi connectivity index (χ0n) is 9.99. The van der Waals surface area contributed by atoms with Crippen molar-refractivity contribution in [1.29, 1.82) is 5.26 Å². The number of ether oxygens (including phenoxy) is 2. The van der Waals surface area contributed by atoms with Crippen LogP contribution in [-0.4, -0.2) is 18.9 Å². The zero-order chi connectivity index (χ0) is 12.4. The van der Waals surface area contributed by atoms with Crippen LogP contribution in [0.2, 0.25) is 0 Å². The van der Waals surface area contributed by atoms with Crippen molar-refractivity contribution in [3.63, 3.8) is 0 Å². The van der Waals surface area contributed by atoms with Gasteiger partial charge in [0.05, 0.1) is 6.61 Å². The van der Waals surface area contributed by atoms with E-state index in [0.717, 1.165) is 12.8 Å². The monoisotopic (exact) mass is 225 g/mol. The molecule has 4 nitrogen and oxygen atoms in total. The number of hydrogen-bond acceptors (Lipinski definition) is 4. The Kier molecular flexibility index (Phi) is 8.18. The Balaban J connectivity index is 3.59. The first kappa shape index (κ1) is 14.7. The molecule has 90 valence electrons. The minimum atomic E-state index is -0.719. The highest BCUT2D eigenvalue weighted by Crippen LogP contribution is 2.03. The standard InChI is InChI=1S/C12H19NO3/c1-4-5-6-7-8-15-11(3)16-12(14)10(2)9-13/h11H,2,4-8H2,1,3H3. The molecule has 0 fully saturated rings. The number of esters is 1. The Labute approximate surface area is 96.8 Å². The van der Waals surface area contributed by atoms with E-state index in [-0.39, 0.29) is 5.57 Å². The molecule has 0 aliphatic rings. The lowest BCUT2D eigenvalue weighted by atomic mass is 10.2. The molecular weight excluding hydrogens is 206 g/mol. The topological polar surface area (TPSA) is 59.3 Å². The molecule has 0 spiro atoms. The van der Waals surface area contributed by atoms with E-state index < -0.39 is 12.3 Å². The predicted molar refractivity (Wildman–Crippen MR) is 60.4 cm³/mol. The molecule has 0 radical (unpaired) electrons. The lowest BCUT2D eigenvalue weighted by Crippen LogP contribution is -2.19. The second-order valence-corrected chi connectivity index (χ2v) is 3.49. The molecule has 1 unspecified atom stereocenters. The molecule has 0 aliphatic heterocycles. The van der Waals surface area contributed by atoms with Gasteiger partial charge in [0.1, 0.15) is 11.6 Å². The van der Waals surface area contributed by atoms with E-state index in [1.54, 1.807) is 13.0 Å². The number of unbranched alkanes of at least 4 members (excludes halogenated alkanes) is 3. The highest BCUT2D eigenvalue weighted by molar-refractivity contribution is 5.91. The smallest absolute Gasteiger partial charge is 0.350 e. The molecule has 0 heterocycles. The summed E-state index contributed by atoms with van der Waals surface area (Å²) >= 11 is 0. The van der Waals surface area contributed by atoms with Crippen molar-refractivity contribution < 1.29 is 14.3 Å². The van der Waals surface area contributed by atoms with Crippen LogP contribution >= 0.6 is 0 Å². The maximum absolute atomic E-state index is 11.1. The first-order valence-electron chi connectivity index (χ1n) is 5.53. The van der Waals surface area contributed by atoms with Gasteiger partial charge in [0.15, 0.2) is 0 Å². The summed E-state index contributed by atoms with van der Waals surface area (Å²) in [5.41, 5.74) is -0.207. The molecule has 0 aromatic rings. The Morgan fingerprint density at radius 2 is 2.12 bits per heavy atom. The summed E-state index contributed by atoms with van der Waals surface area (Å²) in [5, 5.41) is 8.40. The van der Waals surface area contributed by atoms with Crippen LogP contribution in [0.5, 0.6) is 0 Å². The van der Waals surface area contributed by atoms with E-state index in [9.17, 15) is 4.79 Å². The minimum Gasteiger partial charge on any atom is -0.432 e. The largest absolute Gasteiger partial charge is 0.432 e. The molecule has 0 bridgehead atoms. The quantitative estimate of drug-likeness (QED) is 0.209. The highest BCUT2D eigenvalue weighted by Gasteiger charge is 2.12. The average molecular weight is 225 g/mol. The highest BCUT2D eigenvalue weighted by atomic mass is 16.7. The van der Waals surface area contributed by atoms with E-state index in [1.165, 1.54) is 12.8 Å². The number of carbonyl (C=O) groups is 1. The molecule has 0 aliphatic carbocycles. The summed E-state index contributed by atoms with van der Waals surface area (Å²) in [6.07, 6.45) is 3.80. The van der Waals surface area contributed by atoms with Crippen molar-refractivity contribution in [3.8, 4) is 6.07 Å². The third-order valence-corrected chi connectivity index (χ3v) is 2.00. The summed E-state index contributed by atoms with van der Waals surface area (Å²) in [7, 11) is 0. The summed E-state index contributed by atoms with van der Waals surface area (Å²) in [4.78, 5) is 11.1. The third kappa shape index (κ3) is 7.02. The van der Waals surface area contributed by atoms with Crippen LogP contribution in [0.3, 0.4) is 0 Å². The molecule has 0 saturated heterocycles. The molecule has 16 heavy (non-hydrogen) atoms. The van der Waals surface area contributed by atoms with Gasteiger partial charge in [0, 0.05) is 0 Å².